The van der Waals surface area contributed by atoms with Gasteiger partial charge in [-0.05, 0) is 32.4 Å². The number of hydrogen-bond donors (Lipinski definition) is 1. The third-order valence-electron chi connectivity index (χ3n) is 4.54. The second-order valence-corrected chi connectivity index (χ2v) is 6.44. The predicted octanol–water partition coefficient (Wildman–Crippen LogP) is 2.28. The van der Waals surface area contributed by atoms with Crippen molar-refractivity contribution in [1.82, 2.24) is 14.9 Å². The number of ether oxygens (including phenoxy) is 1. The first kappa shape index (κ1) is 18.3. The van der Waals surface area contributed by atoms with Crippen LogP contribution in [0.15, 0.2) is 30.5 Å². The number of carbonyl (C=O) groups excluding carboxylic acids is 1. The number of nitrogens with zero attached hydrogens (tertiary/aromatic N) is 3. The molecule has 1 aliphatic heterocycles. The number of aliphatic hydroxyl groups is 1. The lowest BCUT2D eigenvalue weighted by Crippen LogP contribution is -2.33. The standard InChI is InChI=1S/C19H22FN3O3/c1-12-14(11-21-13(2)22-12)19(25)23-9-7-16(24)18(8-10-23)26-17-6-4-3-5-15(17)20/h3-6,11,16,18,24H,7-10H2,1-2H3/t16-,18-/m0/s1. The third kappa shape index (κ3) is 3.99. The Labute approximate surface area is 151 Å². The first-order valence-electron chi connectivity index (χ1n) is 8.64. The van der Waals surface area contributed by atoms with E-state index in [1.54, 1.807) is 30.9 Å². The summed E-state index contributed by atoms with van der Waals surface area (Å²) in [6.45, 7) is 4.35. The zero-order valence-electron chi connectivity index (χ0n) is 14.9. The summed E-state index contributed by atoms with van der Waals surface area (Å²) >= 11 is 0. The number of likely N-dealkylation sites (tertiary alicyclic amines) is 1. The summed E-state index contributed by atoms with van der Waals surface area (Å²) in [7, 11) is 0. The van der Waals surface area contributed by atoms with E-state index in [9.17, 15) is 14.3 Å². The van der Waals surface area contributed by atoms with Gasteiger partial charge in [0.15, 0.2) is 11.6 Å². The number of aromatic nitrogens is 2. The van der Waals surface area contributed by atoms with E-state index in [2.05, 4.69) is 9.97 Å². The minimum absolute atomic E-state index is 0.110. The van der Waals surface area contributed by atoms with E-state index in [0.29, 0.717) is 43.0 Å². The number of amides is 1. The Kier molecular flexibility index (Phi) is 5.46. The van der Waals surface area contributed by atoms with Crippen molar-refractivity contribution >= 4 is 5.91 Å². The molecule has 0 saturated carbocycles. The number of rotatable bonds is 3. The summed E-state index contributed by atoms with van der Waals surface area (Å²) < 4.78 is 19.5. The van der Waals surface area contributed by atoms with Crippen molar-refractivity contribution in [1.29, 1.82) is 0 Å². The zero-order chi connectivity index (χ0) is 18.7. The van der Waals surface area contributed by atoms with Crippen molar-refractivity contribution in [2.45, 2.75) is 38.9 Å². The second-order valence-electron chi connectivity index (χ2n) is 6.44. The monoisotopic (exact) mass is 359 g/mol. The maximum atomic E-state index is 13.8. The minimum atomic E-state index is -0.775. The molecule has 1 aliphatic rings. The summed E-state index contributed by atoms with van der Waals surface area (Å²) in [5.41, 5.74) is 1.09. The molecule has 0 unspecified atom stereocenters. The number of halogens is 1. The quantitative estimate of drug-likeness (QED) is 0.910. The molecule has 2 aromatic rings. The highest BCUT2D eigenvalue weighted by Gasteiger charge is 2.30. The average Bonchev–Trinajstić information content (AvgIpc) is 2.79. The molecule has 138 valence electrons. The van der Waals surface area contributed by atoms with Gasteiger partial charge in [-0.25, -0.2) is 14.4 Å². The van der Waals surface area contributed by atoms with Gasteiger partial charge in [-0.3, -0.25) is 4.79 Å². The molecular weight excluding hydrogens is 337 g/mol. The highest BCUT2D eigenvalue weighted by atomic mass is 19.1. The Hall–Kier alpha value is -2.54. The van der Waals surface area contributed by atoms with Crippen LogP contribution in [0.2, 0.25) is 0 Å². The van der Waals surface area contributed by atoms with Crippen LogP contribution in [0.4, 0.5) is 4.39 Å². The smallest absolute Gasteiger partial charge is 0.257 e. The van der Waals surface area contributed by atoms with E-state index in [-0.39, 0.29) is 11.7 Å². The van der Waals surface area contributed by atoms with Gasteiger partial charge < -0.3 is 14.7 Å². The van der Waals surface area contributed by atoms with E-state index in [0.717, 1.165) is 0 Å². The summed E-state index contributed by atoms with van der Waals surface area (Å²) in [4.78, 5) is 22.8. The van der Waals surface area contributed by atoms with Crippen molar-refractivity contribution < 1.29 is 19.0 Å². The fraction of sp³-hybridized carbons (Fsp3) is 0.421. The summed E-state index contributed by atoms with van der Waals surface area (Å²) in [6.07, 6.45) is 0.959. The third-order valence-corrected chi connectivity index (χ3v) is 4.54. The minimum Gasteiger partial charge on any atom is -0.485 e. The van der Waals surface area contributed by atoms with E-state index < -0.39 is 18.0 Å². The number of carbonyl (C=O) groups is 1. The number of benzene rings is 1. The Bertz CT molecular complexity index is 799. The molecule has 2 heterocycles. The number of aliphatic hydroxyl groups excluding tert-OH is 1. The molecule has 0 aliphatic carbocycles. The van der Waals surface area contributed by atoms with Crippen LogP contribution in [-0.4, -0.2) is 51.2 Å². The molecule has 2 atom stereocenters. The largest absolute Gasteiger partial charge is 0.485 e. The summed E-state index contributed by atoms with van der Waals surface area (Å²) in [5, 5.41) is 10.4. The Morgan fingerprint density at radius 2 is 2.00 bits per heavy atom. The SMILES string of the molecule is Cc1ncc(C(=O)N2CC[C@H](Oc3ccccc3F)[C@@H](O)CC2)c(C)n1. The molecule has 1 aromatic carbocycles. The lowest BCUT2D eigenvalue weighted by atomic mass is 10.1. The number of para-hydroxylation sites is 1. The van der Waals surface area contributed by atoms with Crippen LogP contribution >= 0.6 is 0 Å². The average molecular weight is 359 g/mol. The van der Waals surface area contributed by atoms with Crippen molar-refractivity contribution in [3.63, 3.8) is 0 Å². The molecule has 0 radical (unpaired) electrons. The fourth-order valence-corrected chi connectivity index (χ4v) is 3.07. The molecule has 7 heteroatoms. The van der Waals surface area contributed by atoms with Crippen molar-refractivity contribution in [2.75, 3.05) is 13.1 Å². The Morgan fingerprint density at radius 1 is 1.27 bits per heavy atom. The van der Waals surface area contributed by atoms with Gasteiger partial charge in [0, 0.05) is 25.7 Å². The van der Waals surface area contributed by atoms with Gasteiger partial charge in [0.2, 0.25) is 0 Å². The van der Waals surface area contributed by atoms with E-state index in [1.165, 1.54) is 18.3 Å². The van der Waals surface area contributed by atoms with E-state index in [4.69, 9.17) is 4.74 Å². The highest BCUT2D eigenvalue weighted by Crippen LogP contribution is 2.23. The Morgan fingerprint density at radius 3 is 2.73 bits per heavy atom. The van der Waals surface area contributed by atoms with Gasteiger partial charge >= 0.3 is 0 Å². The van der Waals surface area contributed by atoms with E-state index >= 15 is 0 Å². The van der Waals surface area contributed by atoms with Crippen molar-refractivity contribution in [2.24, 2.45) is 0 Å². The molecule has 3 rings (SSSR count). The lowest BCUT2D eigenvalue weighted by molar-refractivity contribution is 0.0328. The highest BCUT2D eigenvalue weighted by molar-refractivity contribution is 5.94. The first-order chi connectivity index (χ1) is 12.5. The predicted molar refractivity (Wildman–Crippen MR) is 93.5 cm³/mol. The molecule has 6 nitrogen and oxygen atoms in total. The van der Waals surface area contributed by atoms with Gasteiger partial charge in [0.25, 0.3) is 5.91 Å². The van der Waals surface area contributed by atoms with Crippen LogP contribution in [0.3, 0.4) is 0 Å². The summed E-state index contributed by atoms with van der Waals surface area (Å²) in [5.74, 6) is 0.0911. The Balaban J connectivity index is 1.70. The maximum Gasteiger partial charge on any atom is 0.257 e. The van der Waals surface area contributed by atoms with Gasteiger partial charge in [-0.2, -0.15) is 0 Å². The van der Waals surface area contributed by atoms with Gasteiger partial charge in [0.05, 0.1) is 17.4 Å². The van der Waals surface area contributed by atoms with Gasteiger partial charge in [-0.15, -0.1) is 0 Å². The van der Waals surface area contributed by atoms with E-state index in [1.807, 2.05) is 0 Å². The molecule has 0 bridgehead atoms. The van der Waals surface area contributed by atoms with Crippen LogP contribution in [0.5, 0.6) is 5.75 Å². The zero-order valence-corrected chi connectivity index (χ0v) is 14.9. The number of aryl methyl sites for hydroxylation is 2. The summed E-state index contributed by atoms with van der Waals surface area (Å²) in [6, 6.07) is 6.10. The van der Waals surface area contributed by atoms with Gasteiger partial charge in [-0.1, -0.05) is 12.1 Å². The van der Waals surface area contributed by atoms with Crippen LogP contribution < -0.4 is 4.74 Å². The van der Waals surface area contributed by atoms with Crippen LogP contribution in [0, 0.1) is 19.7 Å². The van der Waals surface area contributed by atoms with Crippen molar-refractivity contribution in [3.05, 3.63) is 53.4 Å². The van der Waals surface area contributed by atoms with Crippen molar-refractivity contribution in [3.8, 4) is 5.75 Å². The fourth-order valence-electron chi connectivity index (χ4n) is 3.07. The number of hydrogen-bond acceptors (Lipinski definition) is 5. The van der Waals surface area contributed by atoms with Crippen LogP contribution in [0.25, 0.3) is 0 Å². The maximum absolute atomic E-state index is 13.8. The molecule has 1 amide bonds. The molecule has 26 heavy (non-hydrogen) atoms. The molecule has 1 N–H and O–H groups in total. The first-order valence-corrected chi connectivity index (χ1v) is 8.64. The van der Waals surface area contributed by atoms with Crippen LogP contribution in [-0.2, 0) is 0 Å². The lowest BCUT2D eigenvalue weighted by Gasteiger charge is -2.22. The molecule has 1 aromatic heterocycles. The molecule has 0 spiro atoms. The molecular formula is C19H22FN3O3. The molecule has 1 saturated heterocycles. The van der Waals surface area contributed by atoms with Gasteiger partial charge in [0.1, 0.15) is 11.9 Å². The normalized spacial score (nSPS) is 20.5. The molecule has 1 fully saturated rings. The second kappa shape index (κ2) is 7.78. The topological polar surface area (TPSA) is 75.6 Å². The van der Waals surface area contributed by atoms with Crippen LogP contribution in [0.1, 0.15) is 34.7 Å².